The number of carbonyl (C=O) groups excluding carboxylic acids is 1. The first-order valence-electron chi connectivity index (χ1n) is 9.31. The Balaban J connectivity index is 1.60. The summed E-state index contributed by atoms with van der Waals surface area (Å²) < 4.78 is 44.6. The molecule has 0 unspecified atom stereocenters. The van der Waals surface area contributed by atoms with Crippen LogP contribution in [0.25, 0.3) is 0 Å². The van der Waals surface area contributed by atoms with Crippen LogP contribution in [0.5, 0.6) is 5.75 Å². The minimum atomic E-state index is -4.36. The largest absolute Gasteiger partial charge is 0.481 e. The van der Waals surface area contributed by atoms with Crippen molar-refractivity contribution in [1.29, 1.82) is 0 Å². The molecule has 0 spiro atoms. The van der Waals surface area contributed by atoms with Gasteiger partial charge in [0.25, 0.3) is 5.91 Å². The lowest BCUT2D eigenvalue weighted by Gasteiger charge is -2.37. The number of hydrogen-bond donors (Lipinski definition) is 0. The van der Waals surface area contributed by atoms with Crippen LogP contribution >= 0.6 is 0 Å². The van der Waals surface area contributed by atoms with Gasteiger partial charge in [0.2, 0.25) is 0 Å². The molecular formula is C21H23F3N2O2. The monoisotopic (exact) mass is 392 g/mol. The highest BCUT2D eigenvalue weighted by Gasteiger charge is 2.32. The zero-order valence-corrected chi connectivity index (χ0v) is 15.7. The lowest BCUT2D eigenvalue weighted by Crippen LogP contribution is -2.52. The van der Waals surface area contributed by atoms with E-state index in [0.717, 1.165) is 12.1 Å². The van der Waals surface area contributed by atoms with Crippen molar-refractivity contribution in [2.45, 2.75) is 25.6 Å². The van der Waals surface area contributed by atoms with Crippen LogP contribution in [0, 0.1) is 0 Å². The van der Waals surface area contributed by atoms with Gasteiger partial charge < -0.3 is 14.5 Å². The summed E-state index contributed by atoms with van der Waals surface area (Å²) in [4.78, 5) is 16.4. The van der Waals surface area contributed by atoms with Gasteiger partial charge in [-0.25, -0.2) is 0 Å². The molecule has 28 heavy (non-hydrogen) atoms. The van der Waals surface area contributed by atoms with Gasteiger partial charge in [-0.05, 0) is 36.8 Å². The fourth-order valence-corrected chi connectivity index (χ4v) is 3.24. The van der Waals surface area contributed by atoms with Gasteiger partial charge in [-0.3, -0.25) is 4.79 Å². The first kappa shape index (κ1) is 20.0. The van der Waals surface area contributed by atoms with E-state index in [4.69, 9.17) is 4.74 Å². The number of carbonyl (C=O) groups is 1. The molecule has 1 atom stereocenters. The molecule has 0 N–H and O–H groups in total. The van der Waals surface area contributed by atoms with Crippen molar-refractivity contribution in [1.82, 2.24) is 4.90 Å². The summed E-state index contributed by atoms with van der Waals surface area (Å²) in [6, 6.07) is 14.5. The van der Waals surface area contributed by atoms with Crippen LogP contribution in [0.1, 0.15) is 18.9 Å². The van der Waals surface area contributed by atoms with Crippen molar-refractivity contribution >= 4 is 11.6 Å². The number of halogens is 3. The molecule has 0 bridgehead atoms. The van der Waals surface area contributed by atoms with Gasteiger partial charge >= 0.3 is 6.18 Å². The number of para-hydroxylation sites is 1. The standard InChI is InChI=1S/C21H23F3N2O2/c1-2-19(28-18-9-4-3-5-10-18)20(27)26-13-11-25(12-14-26)17-8-6-7-16(15-17)21(22,23)24/h3-10,15,19H,2,11-14H2,1H3/t19-/m0/s1. The quantitative estimate of drug-likeness (QED) is 0.764. The normalized spacial score (nSPS) is 16.0. The number of amides is 1. The van der Waals surface area contributed by atoms with E-state index in [-0.39, 0.29) is 5.91 Å². The van der Waals surface area contributed by atoms with Gasteiger partial charge in [-0.2, -0.15) is 13.2 Å². The van der Waals surface area contributed by atoms with Gasteiger partial charge in [0.15, 0.2) is 6.10 Å². The molecule has 1 heterocycles. The number of nitrogens with zero attached hydrogens (tertiary/aromatic N) is 2. The fraction of sp³-hybridized carbons (Fsp3) is 0.381. The van der Waals surface area contributed by atoms with Crippen molar-refractivity contribution in [2.75, 3.05) is 31.1 Å². The minimum Gasteiger partial charge on any atom is -0.481 e. The first-order chi connectivity index (χ1) is 13.4. The third-order valence-corrected chi connectivity index (χ3v) is 4.80. The molecule has 0 saturated carbocycles. The van der Waals surface area contributed by atoms with Crippen LogP contribution in [0.15, 0.2) is 54.6 Å². The molecule has 3 rings (SSSR count). The van der Waals surface area contributed by atoms with E-state index < -0.39 is 17.8 Å². The molecule has 0 aromatic heterocycles. The molecule has 1 amide bonds. The molecule has 4 nitrogen and oxygen atoms in total. The molecule has 7 heteroatoms. The maximum absolute atomic E-state index is 12.9. The Morgan fingerprint density at radius 1 is 1.04 bits per heavy atom. The second kappa shape index (κ2) is 8.54. The fourth-order valence-electron chi connectivity index (χ4n) is 3.24. The molecule has 0 aliphatic carbocycles. The summed E-state index contributed by atoms with van der Waals surface area (Å²) in [6.07, 6.45) is -4.39. The maximum atomic E-state index is 12.9. The Morgan fingerprint density at radius 2 is 1.71 bits per heavy atom. The number of rotatable bonds is 5. The van der Waals surface area contributed by atoms with E-state index in [1.807, 2.05) is 42.2 Å². The van der Waals surface area contributed by atoms with Crippen LogP contribution in [0.2, 0.25) is 0 Å². The topological polar surface area (TPSA) is 32.8 Å². The van der Waals surface area contributed by atoms with Crippen LogP contribution in [0.3, 0.4) is 0 Å². The van der Waals surface area contributed by atoms with Gasteiger partial charge in [-0.1, -0.05) is 31.2 Å². The number of alkyl halides is 3. The first-order valence-corrected chi connectivity index (χ1v) is 9.31. The van der Waals surface area contributed by atoms with Crippen LogP contribution in [0.4, 0.5) is 18.9 Å². The Kier molecular flexibility index (Phi) is 6.11. The third-order valence-electron chi connectivity index (χ3n) is 4.80. The SMILES string of the molecule is CC[C@H](Oc1ccccc1)C(=O)N1CCN(c2cccc(C(F)(F)F)c2)CC1. The Bertz CT molecular complexity index is 788. The minimum absolute atomic E-state index is 0.0879. The highest BCUT2D eigenvalue weighted by atomic mass is 19.4. The van der Waals surface area contributed by atoms with Gasteiger partial charge in [0.05, 0.1) is 5.56 Å². The summed E-state index contributed by atoms with van der Waals surface area (Å²) in [5.41, 5.74) is -0.139. The van der Waals surface area contributed by atoms with E-state index in [0.29, 0.717) is 44.0 Å². The van der Waals surface area contributed by atoms with E-state index in [2.05, 4.69) is 0 Å². The van der Waals surface area contributed by atoms with Gasteiger partial charge in [-0.15, -0.1) is 0 Å². The highest BCUT2D eigenvalue weighted by molar-refractivity contribution is 5.81. The third kappa shape index (κ3) is 4.77. The van der Waals surface area contributed by atoms with Gasteiger partial charge in [0.1, 0.15) is 5.75 Å². The van der Waals surface area contributed by atoms with E-state index >= 15 is 0 Å². The van der Waals surface area contributed by atoms with Crippen molar-refractivity contribution in [3.63, 3.8) is 0 Å². The number of anilines is 1. The second-order valence-electron chi connectivity index (χ2n) is 6.69. The average Bonchev–Trinajstić information content (AvgIpc) is 2.72. The van der Waals surface area contributed by atoms with E-state index in [1.165, 1.54) is 6.07 Å². The summed E-state index contributed by atoms with van der Waals surface area (Å²) >= 11 is 0. The lowest BCUT2D eigenvalue weighted by atomic mass is 10.1. The predicted octanol–water partition coefficient (Wildman–Crippen LogP) is 4.21. The summed E-state index contributed by atoms with van der Waals surface area (Å²) in [5, 5.41) is 0. The Morgan fingerprint density at radius 3 is 2.32 bits per heavy atom. The zero-order chi connectivity index (χ0) is 20.1. The lowest BCUT2D eigenvalue weighted by molar-refractivity contribution is -0.139. The summed E-state index contributed by atoms with van der Waals surface area (Å²) in [6.45, 7) is 3.75. The van der Waals surface area contributed by atoms with Crippen molar-refractivity contribution in [3.8, 4) is 5.75 Å². The van der Waals surface area contributed by atoms with Crippen molar-refractivity contribution in [2.24, 2.45) is 0 Å². The van der Waals surface area contributed by atoms with Crippen LogP contribution < -0.4 is 9.64 Å². The van der Waals surface area contributed by atoms with Crippen molar-refractivity contribution < 1.29 is 22.7 Å². The molecule has 1 aliphatic rings. The van der Waals surface area contributed by atoms with Crippen LogP contribution in [-0.2, 0) is 11.0 Å². The van der Waals surface area contributed by atoms with E-state index in [9.17, 15) is 18.0 Å². The molecule has 2 aromatic carbocycles. The maximum Gasteiger partial charge on any atom is 0.416 e. The molecule has 1 fully saturated rings. The van der Waals surface area contributed by atoms with Crippen LogP contribution in [-0.4, -0.2) is 43.1 Å². The number of benzene rings is 2. The molecule has 0 radical (unpaired) electrons. The summed E-state index contributed by atoms with van der Waals surface area (Å²) in [7, 11) is 0. The second-order valence-corrected chi connectivity index (χ2v) is 6.69. The Labute approximate surface area is 162 Å². The number of piperazine rings is 1. The average molecular weight is 392 g/mol. The predicted molar refractivity (Wildman–Crippen MR) is 101 cm³/mol. The van der Waals surface area contributed by atoms with Gasteiger partial charge in [0, 0.05) is 31.9 Å². The molecule has 1 saturated heterocycles. The molecule has 150 valence electrons. The smallest absolute Gasteiger partial charge is 0.416 e. The zero-order valence-electron chi connectivity index (χ0n) is 15.7. The highest BCUT2D eigenvalue weighted by Crippen LogP contribution is 2.32. The summed E-state index contributed by atoms with van der Waals surface area (Å²) in [5.74, 6) is 0.556. The number of hydrogen-bond acceptors (Lipinski definition) is 3. The van der Waals surface area contributed by atoms with E-state index in [1.54, 1.807) is 11.0 Å². The number of ether oxygens (including phenoxy) is 1. The Hall–Kier alpha value is -2.70. The van der Waals surface area contributed by atoms with Crippen molar-refractivity contribution in [3.05, 3.63) is 60.2 Å². The molecular weight excluding hydrogens is 369 g/mol. The molecule has 1 aliphatic heterocycles. The molecule has 2 aromatic rings.